The average Bonchev–Trinajstić information content (AvgIpc) is 2.96. The Hall–Kier alpha value is -3.97. The Morgan fingerprint density at radius 1 is 1.00 bits per heavy atom. The van der Waals surface area contributed by atoms with E-state index in [1.165, 1.54) is 0 Å². The standard InChI is InChI=1S/C31H34N4O3/c1-22(2)19-35(31(36)24-7-10-27(37-3)11-8-24)20-23-5-4-6-25(17-23)26-9-12-29-28(18-26)30(33-21-32-29)34-13-15-38-16-14-34/h4-12,17-18,21-22H,13-16,19-20H2,1-3H3. The molecule has 7 heteroatoms. The molecule has 0 bridgehead atoms. The Balaban J connectivity index is 1.42. The number of morpholine rings is 1. The normalized spacial score (nSPS) is 13.6. The van der Waals surface area contributed by atoms with Gasteiger partial charge in [-0.05, 0) is 65.1 Å². The van der Waals surface area contributed by atoms with E-state index in [9.17, 15) is 4.79 Å². The fourth-order valence-corrected chi connectivity index (χ4v) is 4.90. The maximum Gasteiger partial charge on any atom is 0.254 e. The average molecular weight is 511 g/mol. The molecule has 5 rings (SSSR count). The Morgan fingerprint density at radius 2 is 1.76 bits per heavy atom. The van der Waals surface area contributed by atoms with Gasteiger partial charge in [0.1, 0.15) is 17.9 Å². The smallest absolute Gasteiger partial charge is 0.254 e. The van der Waals surface area contributed by atoms with Gasteiger partial charge in [0, 0.05) is 37.1 Å². The molecule has 196 valence electrons. The lowest BCUT2D eigenvalue weighted by Crippen LogP contribution is -2.36. The summed E-state index contributed by atoms with van der Waals surface area (Å²) in [5, 5.41) is 1.04. The molecule has 1 amide bonds. The van der Waals surface area contributed by atoms with Crippen LogP contribution in [0.5, 0.6) is 5.75 Å². The van der Waals surface area contributed by atoms with Crippen LogP contribution < -0.4 is 9.64 Å². The number of anilines is 1. The molecule has 0 saturated carbocycles. The third-order valence-electron chi connectivity index (χ3n) is 6.77. The van der Waals surface area contributed by atoms with E-state index in [-0.39, 0.29) is 5.91 Å². The largest absolute Gasteiger partial charge is 0.497 e. The molecule has 0 aliphatic carbocycles. The monoisotopic (exact) mass is 510 g/mol. The van der Waals surface area contributed by atoms with Crippen LogP contribution in [0.4, 0.5) is 5.82 Å². The highest BCUT2D eigenvalue weighted by molar-refractivity contribution is 5.94. The number of aromatic nitrogens is 2. The Bertz CT molecular complexity index is 1400. The van der Waals surface area contributed by atoms with Gasteiger partial charge in [-0.2, -0.15) is 0 Å². The van der Waals surface area contributed by atoms with Crippen molar-refractivity contribution < 1.29 is 14.3 Å². The summed E-state index contributed by atoms with van der Waals surface area (Å²) in [6.07, 6.45) is 1.64. The number of hydrogen-bond donors (Lipinski definition) is 0. The van der Waals surface area contributed by atoms with Crippen molar-refractivity contribution in [3.63, 3.8) is 0 Å². The molecule has 38 heavy (non-hydrogen) atoms. The lowest BCUT2D eigenvalue weighted by atomic mass is 10.0. The Labute approximate surface area is 224 Å². The maximum atomic E-state index is 13.4. The highest BCUT2D eigenvalue weighted by atomic mass is 16.5. The summed E-state index contributed by atoms with van der Waals surface area (Å²) in [5.41, 5.74) is 4.87. The van der Waals surface area contributed by atoms with Gasteiger partial charge < -0.3 is 19.3 Å². The maximum absolute atomic E-state index is 13.4. The van der Waals surface area contributed by atoms with Gasteiger partial charge in [-0.1, -0.05) is 38.1 Å². The van der Waals surface area contributed by atoms with Gasteiger partial charge in [0.25, 0.3) is 5.91 Å². The molecule has 0 unspecified atom stereocenters. The number of hydrogen-bond acceptors (Lipinski definition) is 6. The summed E-state index contributed by atoms with van der Waals surface area (Å²) < 4.78 is 10.8. The number of carbonyl (C=O) groups excluding carboxylic acids is 1. The lowest BCUT2D eigenvalue weighted by Gasteiger charge is -2.28. The SMILES string of the molecule is COc1ccc(C(=O)N(Cc2cccc(-c3ccc4ncnc(N5CCOCC5)c4c3)c2)CC(C)C)cc1. The van der Waals surface area contributed by atoms with Crippen molar-refractivity contribution in [1.29, 1.82) is 0 Å². The highest BCUT2D eigenvalue weighted by Crippen LogP contribution is 2.30. The van der Waals surface area contributed by atoms with Crippen molar-refractivity contribution >= 4 is 22.6 Å². The minimum atomic E-state index is 0.0183. The fourth-order valence-electron chi connectivity index (χ4n) is 4.90. The van der Waals surface area contributed by atoms with Crippen LogP contribution in [0.25, 0.3) is 22.0 Å². The summed E-state index contributed by atoms with van der Waals surface area (Å²) in [7, 11) is 1.63. The molecule has 1 saturated heterocycles. The lowest BCUT2D eigenvalue weighted by molar-refractivity contribution is 0.0722. The summed E-state index contributed by atoms with van der Waals surface area (Å²) in [6.45, 7) is 8.52. The van der Waals surface area contributed by atoms with Gasteiger partial charge in [0.05, 0.1) is 25.8 Å². The molecule has 0 radical (unpaired) electrons. The second-order valence-corrected chi connectivity index (χ2v) is 10.0. The van der Waals surface area contributed by atoms with E-state index in [0.29, 0.717) is 37.8 Å². The minimum absolute atomic E-state index is 0.0183. The van der Waals surface area contributed by atoms with Crippen LogP contribution in [0.1, 0.15) is 29.8 Å². The van der Waals surface area contributed by atoms with Crippen LogP contribution >= 0.6 is 0 Å². The third kappa shape index (κ3) is 5.78. The summed E-state index contributed by atoms with van der Waals surface area (Å²) >= 11 is 0. The number of ether oxygens (including phenoxy) is 2. The zero-order valence-corrected chi connectivity index (χ0v) is 22.3. The van der Waals surface area contributed by atoms with Crippen LogP contribution in [0.3, 0.4) is 0 Å². The first-order valence-corrected chi connectivity index (χ1v) is 13.1. The quantitative estimate of drug-likeness (QED) is 0.314. The zero-order chi connectivity index (χ0) is 26.5. The molecule has 7 nitrogen and oxygen atoms in total. The number of rotatable bonds is 8. The Kier molecular flexibility index (Phi) is 7.84. The van der Waals surface area contributed by atoms with Gasteiger partial charge >= 0.3 is 0 Å². The van der Waals surface area contributed by atoms with E-state index in [1.54, 1.807) is 13.4 Å². The third-order valence-corrected chi connectivity index (χ3v) is 6.77. The summed E-state index contributed by atoms with van der Waals surface area (Å²) in [5.74, 6) is 2.05. The molecule has 0 atom stereocenters. The number of carbonyl (C=O) groups is 1. The molecule has 1 aliphatic heterocycles. The van der Waals surface area contributed by atoms with Crippen molar-refractivity contribution in [3.05, 3.63) is 84.2 Å². The van der Waals surface area contributed by atoms with E-state index in [4.69, 9.17) is 9.47 Å². The van der Waals surface area contributed by atoms with E-state index in [2.05, 4.69) is 71.2 Å². The number of fused-ring (bicyclic) bond motifs is 1. The van der Waals surface area contributed by atoms with Crippen LogP contribution in [-0.4, -0.2) is 60.7 Å². The van der Waals surface area contributed by atoms with Gasteiger partial charge in [-0.15, -0.1) is 0 Å². The van der Waals surface area contributed by atoms with Gasteiger partial charge in [0.15, 0.2) is 0 Å². The van der Waals surface area contributed by atoms with Gasteiger partial charge in [0.2, 0.25) is 0 Å². The molecule has 1 fully saturated rings. The first kappa shape index (κ1) is 25.7. The number of amides is 1. The van der Waals surface area contributed by atoms with Crippen molar-refractivity contribution in [2.75, 3.05) is 44.9 Å². The van der Waals surface area contributed by atoms with Gasteiger partial charge in [-0.25, -0.2) is 9.97 Å². The number of nitrogens with zero attached hydrogens (tertiary/aromatic N) is 4. The molecule has 1 aromatic heterocycles. The van der Waals surface area contributed by atoms with Crippen LogP contribution in [0.15, 0.2) is 73.1 Å². The van der Waals surface area contributed by atoms with E-state index < -0.39 is 0 Å². The van der Waals surface area contributed by atoms with Crippen LogP contribution in [-0.2, 0) is 11.3 Å². The van der Waals surface area contributed by atoms with Crippen molar-refractivity contribution in [3.8, 4) is 16.9 Å². The fraction of sp³-hybridized carbons (Fsp3) is 0.323. The molecule has 2 heterocycles. The van der Waals surface area contributed by atoms with E-state index in [0.717, 1.165) is 52.3 Å². The topological polar surface area (TPSA) is 67.8 Å². The number of benzene rings is 3. The summed E-state index contributed by atoms with van der Waals surface area (Å²) in [6, 6.07) is 22.1. The molecule has 3 aromatic carbocycles. The predicted octanol–water partition coefficient (Wildman–Crippen LogP) is 5.44. The number of methoxy groups -OCH3 is 1. The predicted molar refractivity (Wildman–Crippen MR) is 151 cm³/mol. The molecule has 0 spiro atoms. The first-order valence-electron chi connectivity index (χ1n) is 13.1. The van der Waals surface area contributed by atoms with Gasteiger partial charge in [-0.3, -0.25) is 4.79 Å². The van der Waals surface area contributed by atoms with Crippen molar-refractivity contribution in [2.45, 2.75) is 20.4 Å². The van der Waals surface area contributed by atoms with E-state index in [1.807, 2.05) is 29.2 Å². The molecular formula is C31H34N4O3. The molecule has 1 aliphatic rings. The first-order chi connectivity index (χ1) is 18.5. The molecular weight excluding hydrogens is 476 g/mol. The van der Waals surface area contributed by atoms with Crippen molar-refractivity contribution in [1.82, 2.24) is 14.9 Å². The van der Waals surface area contributed by atoms with Crippen molar-refractivity contribution in [2.24, 2.45) is 5.92 Å². The highest BCUT2D eigenvalue weighted by Gasteiger charge is 2.19. The zero-order valence-electron chi connectivity index (χ0n) is 22.3. The van der Waals surface area contributed by atoms with E-state index >= 15 is 0 Å². The summed E-state index contributed by atoms with van der Waals surface area (Å²) in [4.78, 5) is 26.7. The van der Waals surface area contributed by atoms with Crippen LogP contribution in [0.2, 0.25) is 0 Å². The Morgan fingerprint density at radius 3 is 2.50 bits per heavy atom. The minimum Gasteiger partial charge on any atom is -0.497 e. The second-order valence-electron chi connectivity index (χ2n) is 10.0. The molecule has 4 aromatic rings. The molecule has 0 N–H and O–H groups in total. The van der Waals surface area contributed by atoms with Crippen LogP contribution in [0, 0.1) is 5.92 Å². The second kappa shape index (κ2) is 11.6.